The van der Waals surface area contributed by atoms with Gasteiger partial charge in [-0.2, -0.15) is 0 Å². The summed E-state index contributed by atoms with van der Waals surface area (Å²) in [4.78, 5) is 0. The zero-order valence-electron chi connectivity index (χ0n) is 9.57. The fourth-order valence-electron chi connectivity index (χ4n) is 1.61. The lowest BCUT2D eigenvalue weighted by atomic mass is 10.0. The molecule has 0 aliphatic carbocycles. The molecule has 0 amide bonds. The van der Waals surface area contributed by atoms with Gasteiger partial charge in [0.2, 0.25) is 0 Å². The summed E-state index contributed by atoms with van der Waals surface area (Å²) >= 11 is 0. The van der Waals surface area contributed by atoms with Crippen molar-refractivity contribution in [2.24, 2.45) is 0 Å². The summed E-state index contributed by atoms with van der Waals surface area (Å²) in [5, 5.41) is 9.76. The molecule has 0 aliphatic rings. The van der Waals surface area contributed by atoms with Crippen molar-refractivity contribution in [1.82, 2.24) is 0 Å². The molecule has 0 spiro atoms. The Bertz CT molecular complexity index is 284. The molecule has 0 aromatic heterocycles. The molecule has 2 heteroatoms. The highest BCUT2D eigenvalue weighted by Gasteiger charge is 2.05. The van der Waals surface area contributed by atoms with Crippen LogP contribution in [-0.4, -0.2) is 18.3 Å². The van der Waals surface area contributed by atoms with Gasteiger partial charge in [0, 0.05) is 0 Å². The van der Waals surface area contributed by atoms with Crippen LogP contribution in [0.25, 0.3) is 0 Å². The number of benzene rings is 1. The number of rotatable bonds is 6. The molecule has 1 aromatic carbocycles. The van der Waals surface area contributed by atoms with E-state index in [9.17, 15) is 5.11 Å². The smallest absolute Gasteiger partial charge is 0.119 e. The number of hydrogen-bond donors (Lipinski definition) is 1. The Morgan fingerprint density at radius 1 is 1.40 bits per heavy atom. The van der Waals surface area contributed by atoms with Crippen LogP contribution in [0.2, 0.25) is 0 Å². The molecular weight excluding hydrogens is 188 g/mol. The van der Waals surface area contributed by atoms with Gasteiger partial charge < -0.3 is 9.84 Å². The van der Waals surface area contributed by atoms with Gasteiger partial charge >= 0.3 is 0 Å². The summed E-state index contributed by atoms with van der Waals surface area (Å²) in [7, 11) is 1.66. The second kappa shape index (κ2) is 6.46. The zero-order chi connectivity index (χ0) is 11.1. The van der Waals surface area contributed by atoms with Crippen molar-refractivity contribution >= 4 is 0 Å². The van der Waals surface area contributed by atoms with Crippen LogP contribution < -0.4 is 4.74 Å². The lowest BCUT2D eigenvalue weighted by Crippen LogP contribution is -2.10. The van der Waals surface area contributed by atoms with Gasteiger partial charge in [-0.3, -0.25) is 0 Å². The van der Waals surface area contributed by atoms with Gasteiger partial charge in [-0.1, -0.05) is 31.9 Å². The molecule has 84 valence electrons. The normalized spacial score (nSPS) is 12.5. The van der Waals surface area contributed by atoms with Gasteiger partial charge in [-0.15, -0.1) is 0 Å². The number of hydrogen-bond acceptors (Lipinski definition) is 2. The highest BCUT2D eigenvalue weighted by atomic mass is 16.5. The maximum atomic E-state index is 9.76. The van der Waals surface area contributed by atoms with Crippen LogP contribution in [0.5, 0.6) is 5.75 Å². The number of unbranched alkanes of at least 4 members (excludes halogenated alkanes) is 1. The van der Waals surface area contributed by atoms with Crippen molar-refractivity contribution in [3.8, 4) is 5.75 Å². The van der Waals surface area contributed by atoms with Gasteiger partial charge in [0.25, 0.3) is 0 Å². The summed E-state index contributed by atoms with van der Waals surface area (Å²) in [5.74, 6) is 0.857. The fraction of sp³-hybridized carbons (Fsp3) is 0.538. The van der Waals surface area contributed by atoms with E-state index < -0.39 is 0 Å². The first-order valence-electron chi connectivity index (χ1n) is 5.57. The molecule has 0 saturated carbocycles. The Labute approximate surface area is 91.9 Å². The van der Waals surface area contributed by atoms with E-state index in [2.05, 4.69) is 6.92 Å². The number of methoxy groups -OCH3 is 1. The van der Waals surface area contributed by atoms with Gasteiger partial charge in [-0.25, -0.2) is 0 Å². The molecule has 2 nitrogen and oxygen atoms in total. The molecule has 0 heterocycles. The van der Waals surface area contributed by atoms with Crippen molar-refractivity contribution in [3.63, 3.8) is 0 Å². The standard InChI is InChI=1S/C13H20O2/c1-3-4-7-12(14)9-11-6-5-8-13(10-11)15-2/h5-6,8,10,12,14H,3-4,7,9H2,1-2H3. The quantitative estimate of drug-likeness (QED) is 0.779. The molecule has 1 N–H and O–H groups in total. The number of aliphatic hydroxyl groups is 1. The summed E-state index contributed by atoms with van der Waals surface area (Å²) in [5.41, 5.74) is 1.14. The molecule has 1 atom stereocenters. The molecule has 0 aliphatic heterocycles. The molecule has 1 unspecified atom stereocenters. The predicted octanol–water partition coefficient (Wildman–Crippen LogP) is 2.79. The van der Waals surface area contributed by atoms with Crippen molar-refractivity contribution in [2.75, 3.05) is 7.11 Å². The molecule has 0 saturated heterocycles. The van der Waals surface area contributed by atoms with Crippen LogP contribution >= 0.6 is 0 Å². The SMILES string of the molecule is CCCCC(O)Cc1cccc(OC)c1. The Kier molecular flexibility index (Phi) is 5.19. The lowest BCUT2D eigenvalue weighted by Gasteiger charge is -2.10. The van der Waals surface area contributed by atoms with Gasteiger partial charge in [0.1, 0.15) is 5.75 Å². The van der Waals surface area contributed by atoms with Crippen molar-refractivity contribution < 1.29 is 9.84 Å². The molecule has 1 aromatic rings. The Balaban J connectivity index is 2.48. The third kappa shape index (κ3) is 4.34. The predicted molar refractivity (Wildman–Crippen MR) is 62.2 cm³/mol. The maximum Gasteiger partial charge on any atom is 0.119 e. The molecule has 1 rings (SSSR count). The minimum absolute atomic E-state index is 0.225. The average Bonchev–Trinajstić information content (AvgIpc) is 2.26. The van der Waals surface area contributed by atoms with E-state index in [0.29, 0.717) is 0 Å². The number of aliphatic hydroxyl groups excluding tert-OH is 1. The van der Waals surface area contributed by atoms with Crippen LogP contribution in [0.3, 0.4) is 0 Å². The minimum Gasteiger partial charge on any atom is -0.497 e. The minimum atomic E-state index is -0.225. The van der Waals surface area contributed by atoms with Crippen LogP contribution in [-0.2, 0) is 6.42 Å². The summed E-state index contributed by atoms with van der Waals surface area (Å²) in [6.45, 7) is 2.14. The first kappa shape index (κ1) is 12.1. The molecule has 0 fully saturated rings. The molecule has 0 radical (unpaired) electrons. The van der Waals surface area contributed by atoms with Gasteiger partial charge in [0.15, 0.2) is 0 Å². The first-order valence-corrected chi connectivity index (χ1v) is 5.57. The topological polar surface area (TPSA) is 29.5 Å². The Hall–Kier alpha value is -1.02. The van der Waals surface area contributed by atoms with Crippen molar-refractivity contribution in [3.05, 3.63) is 29.8 Å². The van der Waals surface area contributed by atoms with E-state index in [1.54, 1.807) is 7.11 Å². The molecule has 0 bridgehead atoms. The molecule has 15 heavy (non-hydrogen) atoms. The van der Waals surface area contributed by atoms with E-state index in [-0.39, 0.29) is 6.10 Å². The fourth-order valence-corrected chi connectivity index (χ4v) is 1.61. The Morgan fingerprint density at radius 2 is 2.20 bits per heavy atom. The van der Waals surface area contributed by atoms with Crippen LogP contribution in [0.1, 0.15) is 31.7 Å². The largest absolute Gasteiger partial charge is 0.497 e. The van der Waals surface area contributed by atoms with Crippen molar-refractivity contribution in [1.29, 1.82) is 0 Å². The summed E-state index contributed by atoms with van der Waals surface area (Å²) < 4.78 is 5.14. The summed E-state index contributed by atoms with van der Waals surface area (Å²) in [6.07, 6.45) is 3.60. The van der Waals surface area contributed by atoms with Gasteiger partial charge in [0.05, 0.1) is 13.2 Å². The monoisotopic (exact) mass is 208 g/mol. The highest BCUT2D eigenvalue weighted by molar-refractivity contribution is 5.28. The average molecular weight is 208 g/mol. The third-order valence-electron chi connectivity index (χ3n) is 2.50. The van der Waals surface area contributed by atoms with E-state index >= 15 is 0 Å². The van der Waals surface area contributed by atoms with Crippen LogP contribution in [0, 0.1) is 0 Å². The van der Waals surface area contributed by atoms with Crippen molar-refractivity contribution in [2.45, 2.75) is 38.7 Å². The number of ether oxygens (including phenoxy) is 1. The third-order valence-corrected chi connectivity index (χ3v) is 2.50. The van der Waals surface area contributed by atoms with Gasteiger partial charge in [-0.05, 0) is 30.5 Å². The van der Waals surface area contributed by atoms with Crippen LogP contribution in [0.15, 0.2) is 24.3 Å². The highest BCUT2D eigenvalue weighted by Crippen LogP contribution is 2.15. The van der Waals surface area contributed by atoms with E-state index in [0.717, 1.165) is 37.0 Å². The van der Waals surface area contributed by atoms with Crippen LogP contribution in [0.4, 0.5) is 0 Å². The second-order valence-electron chi connectivity index (χ2n) is 3.85. The zero-order valence-corrected chi connectivity index (χ0v) is 9.57. The summed E-state index contributed by atoms with van der Waals surface area (Å²) in [6, 6.07) is 7.88. The second-order valence-corrected chi connectivity index (χ2v) is 3.85. The lowest BCUT2D eigenvalue weighted by molar-refractivity contribution is 0.161. The molecular formula is C13H20O2. The maximum absolute atomic E-state index is 9.76. The van der Waals surface area contributed by atoms with E-state index in [1.807, 2.05) is 24.3 Å². The van der Waals surface area contributed by atoms with E-state index in [1.165, 1.54) is 0 Å². The Morgan fingerprint density at radius 3 is 2.87 bits per heavy atom. The van der Waals surface area contributed by atoms with E-state index in [4.69, 9.17) is 4.74 Å². The first-order chi connectivity index (χ1) is 7.26.